The van der Waals surface area contributed by atoms with Crippen LogP contribution in [0.3, 0.4) is 0 Å². The van der Waals surface area contributed by atoms with Crippen LogP contribution in [0.1, 0.15) is 36.8 Å². The molecule has 0 saturated carbocycles. The van der Waals surface area contributed by atoms with Gasteiger partial charge in [-0.25, -0.2) is 4.39 Å². The molecule has 0 aliphatic carbocycles. The molecule has 6 nitrogen and oxygen atoms in total. The lowest BCUT2D eigenvalue weighted by Crippen LogP contribution is -2.41. The highest BCUT2D eigenvalue weighted by Gasteiger charge is 2.23. The largest absolute Gasteiger partial charge is 0.487 e. The topological polar surface area (TPSA) is 79.8 Å². The molecule has 2 aliphatic rings. The van der Waals surface area contributed by atoms with Crippen LogP contribution in [-0.2, 0) is 6.54 Å². The molecule has 200 valence electrons. The first kappa shape index (κ1) is 25.9. The summed E-state index contributed by atoms with van der Waals surface area (Å²) in [6.45, 7) is 8.87. The molecule has 0 radical (unpaired) electrons. The fourth-order valence-corrected chi connectivity index (χ4v) is 5.33. The summed E-state index contributed by atoms with van der Waals surface area (Å²) in [6.07, 6.45) is 3.73. The molecule has 0 unspecified atom stereocenters. The van der Waals surface area contributed by atoms with Crippen LogP contribution >= 0.6 is 0 Å². The summed E-state index contributed by atoms with van der Waals surface area (Å²) in [5, 5.41) is 3.52. The van der Waals surface area contributed by atoms with Crippen molar-refractivity contribution in [1.29, 1.82) is 0 Å². The second-order valence-electron chi connectivity index (χ2n) is 10.5. The Morgan fingerprint density at radius 3 is 2.13 bits per heavy atom. The zero-order chi connectivity index (χ0) is 26.5. The quantitative estimate of drug-likeness (QED) is 0.355. The standard InChI is InChI=1S/C31H38FN5O/c1-22(35-27-12-16-36(17-13-27)21-23-2-5-25(33)6-3-23)24-4-11-31(30(32)20-24)38-29-14-18-37(19-15-29)28-9-7-26(34)8-10-28/h2-11,20,27,29,35H,1,12-19,21,33-34H2. The monoisotopic (exact) mass is 515 g/mol. The Bertz CT molecular complexity index is 1210. The number of rotatable bonds is 8. The van der Waals surface area contributed by atoms with E-state index in [-0.39, 0.29) is 11.9 Å². The number of halogens is 1. The van der Waals surface area contributed by atoms with E-state index in [0.29, 0.717) is 11.8 Å². The molecule has 3 aromatic carbocycles. The van der Waals surface area contributed by atoms with Gasteiger partial charge in [0, 0.05) is 79.9 Å². The van der Waals surface area contributed by atoms with Crippen molar-refractivity contribution in [2.24, 2.45) is 0 Å². The van der Waals surface area contributed by atoms with Crippen LogP contribution in [0.4, 0.5) is 21.5 Å². The molecule has 2 aliphatic heterocycles. The van der Waals surface area contributed by atoms with Crippen molar-refractivity contribution in [3.05, 3.63) is 90.3 Å². The van der Waals surface area contributed by atoms with Crippen molar-refractivity contribution in [1.82, 2.24) is 10.2 Å². The number of benzene rings is 3. The number of nitrogens with zero attached hydrogens (tertiary/aromatic N) is 2. The summed E-state index contributed by atoms with van der Waals surface area (Å²) in [6, 6.07) is 21.5. The van der Waals surface area contributed by atoms with E-state index in [0.717, 1.165) is 86.7 Å². The number of nitrogens with one attached hydrogen (secondary N) is 1. The summed E-state index contributed by atoms with van der Waals surface area (Å²) in [4.78, 5) is 4.77. The number of nitrogens with two attached hydrogens (primary N) is 2. The minimum absolute atomic E-state index is 0.000126. The number of hydrogen-bond donors (Lipinski definition) is 3. The van der Waals surface area contributed by atoms with Crippen molar-refractivity contribution in [3.8, 4) is 5.75 Å². The second kappa shape index (κ2) is 11.8. The molecule has 7 heteroatoms. The van der Waals surface area contributed by atoms with Gasteiger partial charge in [-0.1, -0.05) is 18.7 Å². The molecule has 0 atom stereocenters. The first-order valence-electron chi connectivity index (χ1n) is 13.5. The molecule has 3 aromatic rings. The maximum Gasteiger partial charge on any atom is 0.165 e. The van der Waals surface area contributed by atoms with E-state index < -0.39 is 0 Å². The molecule has 0 aromatic heterocycles. The Labute approximate surface area is 225 Å². The predicted octanol–water partition coefficient (Wildman–Crippen LogP) is 5.26. The molecule has 38 heavy (non-hydrogen) atoms. The molecular weight excluding hydrogens is 477 g/mol. The normalized spacial score (nSPS) is 17.3. The summed E-state index contributed by atoms with van der Waals surface area (Å²) < 4.78 is 21.0. The highest BCUT2D eigenvalue weighted by molar-refractivity contribution is 5.62. The molecule has 2 heterocycles. The van der Waals surface area contributed by atoms with Crippen LogP contribution < -0.4 is 26.4 Å². The summed E-state index contributed by atoms with van der Waals surface area (Å²) in [7, 11) is 0. The summed E-state index contributed by atoms with van der Waals surface area (Å²) in [5.74, 6) is -0.0341. The number of piperidine rings is 2. The van der Waals surface area contributed by atoms with Gasteiger partial charge in [0.05, 0.1) is 0 Å². The number of ether oxygens (including phenoxy) is 1. The van der Waals surface area contributed by atoms with Crippen molar-refractivity contribution in [3.63, 3.8) is 0 Å². The summed E-state index contributed by atoms with van der Waals surface area (Å²) in [5.41, 5.74) is 17.1. The van der Waals surface area contributed by atoms with Gasteiger partial charge in [0.25, 0.3) is 0 Å². The van der Waals surface area contributed by atoms with Crippen LogP contribution in [0.5, 0.6) is 5.75 Å². The van der Waals surface area contributed by atoms with E-state index in [1.807, 2.05) is 42.5 Å². The van der Waals surface area contributed by atoms with Crippen molar-refractivity contribution >= 4 is 22.8 Å². The zero-order valence-corrected chi connectivity index (χ0v) is 21.9. The van der Waals surface area contributed by atoms with Crippen molar-refractivity contribution in [2.45, 2.75) is 44.4 Å². The van der Waals surface area contributed by atoms with E-state index in [2.05, 4.69) is 33.8 Å². The number of nitrogen functional groups attached to an aromatic ring is 2. The maximum atomic E-state index is 15.0. The van der Waals surface area contributed by atoms with Gasteiger partial charge in [0.15, 0.2) is 11.6 Å². The van der Waals surface area contributed by atoms with Gasteiger partial charge in [-0.2, -0.15) is 0 Å². The highest BCUT2D eigenvalue weighted by Crippen LogP contribution is 2.27. The lowest BCUT2D eigenvalue weighted by Gasteiger charge is -2.34. The Hall–Kier alpha value is -3.71. The van der Waals surface area contributed by atoms with Crippen LogP contribution in [0.2, 0.25) is 0 Å². The van der Waals surface area contributed by atoms with Gasteiger partial charge in [-0.05, 0) is 73.0 Å². The smallest absolute Gasteiger partial charge is 0.165 e. The van der Waals surface area contributed by atoms with Crippen LogP contribution in [0, 0.1) is 5.82 Å². The first-order chi connectivity index (χ1) is 18.4. The molecule has 2 saturated heterocycles. The van der Waals surface area contributed by atoms with E-state index >= 15 is 0 Å². The molecule has 0 spiro atoms. The Balaban J connectivity index is 1.07. The van der Waals surface area contributed by atoms with E-state index in [4.69, 9.17) is 16.2 Å². The van der Waals surface area contributed by atoms with E-state index in [1.165, 1.54) is 11.6 Å². The van der Waals surface area contributed by atoms with E-state index in [1.54, 1.807) is 6.07 Å². The minimum atomic E-state index is -0.343. The van der Waals surface area contributed by atoms with Crippen molar-refractivity contribution in [2.75, 3.05) is 42.5 Å². The Morgan fingerprint density at radius 2 is 1.50 bits per heavy atom. The average molecular weight is 516 g/mol. The van der Waals surface area contributed by atoms with Crippen LogP contribution in [0.25, 0.3) is 5.70 Å². The van der Waals surface area contributed by atoms with Gasteiger partial charge in [0.2, 0.25) is 0 Å². The Morgan fingerprint density at radius 1 is 0.868 bits per heavy atom. The third-order valence-corrected chi connectivity index (χ3v) is 7.63. The Kier molecular flexibility index (Phi) is 8.03. The minimum Gasteiger partial charge on any atom is -0.487 e. The molecule has 5 N–H and O–H groups in total. The van der Waals surface area contributed by atoms with Gasteiger partial charge in [-0.15, -0.1) is 0 Å². The lowest BCUT2D eigenvalue weighted by molar-refractivity contribution is 0.164. The zero-order valence-electron chi connectivity index (χ0n) is 21.9. The average Bonchev–Trinajstić information content (AvgIpc) is 2.93. The fourth-order valence-electron chi connectivity index (χ4n) is 5.33. The van der Waals surface area contributed by atoms with E-state index in [9.17, 15) is 4.39 Å². The summed E-state index contributed by atoms with van der Waals surface area (Å²) >= 11 is 0. The molecule has 5 rings (SSSR count). The number of likely N-dealkylation sites (tertiary alicyclic amines) is 1. The third-order valence-electron chi connectivity index (χ3n) is 7.63. The van der Waals surface area contributed by atoms with Gasteiger partial charge < -0.3 is 26.4 Å². The first-order valence-corrected chi connectivity index (χ1v) is 13.5. The van der Waals surface area contributed by atoms with Gasteiger partial charge in [-0.3, -0.25) is 4.90 Å². The van der Waals surface area contributed by atoms with Crippen LogP contribution in [-0.4, -0.2) is 43.2 Å². The molecular formula is C31H38FN5O. The number of anilines is 3. The number of hydrogen-bond acceptors (Lipinski definition) is 6. The highest BCUT2D eigenvalue weighted by atomic mass is 19.1. The second-order valence-corrected chi connectivity index (χ2v) is 10.5. The fraction of sp³-hybridized carbons (Fsp3) is 0.355. The third kappa shape index (κ3) is 6.58. The SMILES string of the molecule is C=C(NC1CCN(Cc2ccc(N)cc2)CC1)c1ccc(OC2CCN(c3ccc(N)cc3)CC2)c(F)c1. The molecule has 2 fully saturated rings. The predicted molar refractivity (Wildman–Crippen MR) is 154 cm³/mol. The van der Waals surface area contributed by atoms with Crippen molar-refractivity contribution < 1.29 is 9.13 Å². The van der Waals surface area contributed by atoms with Gasteiger partial charge in [0.1, 0.15) is 6.10 Å². The maximum absolute atomic E-state index is 15.0. The lowest BCUT2D eigenvalue weighted by atomic mass is 10.0. The molecule has 0 amide bonds. The molecule has 0 bridgehead atoms. The van der Waals surface area contributed by atoms with Crippen LogP contribution in [0.15, 0.2) is 73.3 Å². The van der Waals surface area contributed by atoms with Gasteiger partial charge >= 0.3 is 0 Å².